The number of aromatic nitrogens is 3. The Balaban J connectivity index is 1.10. The second-order valence-electron chi connectivity index (χ2n) is 9.13. The minimum absolute atomic E-state index is 0.0515. The van der Waals surface area contributed by atoms with E-state index in [1.54, 1.807) is 11.7 Å². The number of likely N-dealkylation sites (tertiary alicyclic amines) is 1. The second-order valence-corrected chi connectivity index (χ2v) is 10.0. The Morgan fingerprint density at radius 2 is 2.00 bits per heavy atom. The van der Waals surface area contributed by atoms with Crippen LogP contribution in [0.5, 0.6) is 0 Å². The summed E-state index contributed by atoms with van der Waals surface area (Å²) in [6.45, 7) is 1.49. The zero-order valence-corrected chi connectivity index (χ0v) is 19.6. The number of benzene rings is 1. The number of hydrogen-bond acceptors (Lipinski definition) is 8. The van der Waals surface area contributed by atoms with E-state index in [0.717, 1.165) is 42.9 Å². The average Bonchev–Trinajstić information content (AvgIpc) is 3.36. The van der Waals surface area contributed by atoms with Crippen molar-refractivity contribution < 1.29 is 23.1 Å². The van der Waals surface area contributed by atoms with Gasteiger partial charge in [-0.2, -0.15) is 13.2 Å². The Kier molecular flexibility index (Phi) is 6.36. The molecule has 35 heavy (non-hydrogen) atoms. The van der Waals surface area contributed by atoms with Crippen LogP contribution in [-0.4, -0.2) is 62.6 Å². The molecule has 12 heteroatoms. The molecule has 186 valence electrons. The molecule has 1 aliphatic carbocycles. The number of aliphatic hydroxyl groups is 1. The Bertz CT molecular complexity index is 1190. The van der Waals surface area contributed by atoms with Crippen LogP contribution < -0.4 is 10.6 Å². The number of nitrogens with one attached hydrogen (secondary N) is 2. The largest absolute Gasteiger partial charge is 0.416 e. The molecule has 2 aliphatic rings. The summed E-state index contributed by atoms with van der Waals surface area (Å²) >= 11 is 1.48. The topological polar surface area (TPSA) is 103 Å². The van der Waals surface area contributed by atoms with Gasteiger partial charge in [0.05, 0.1) is 28.0 Å². The predicted molar refractivity (Wildman–Crippen MR) is 125 cm³/mol. The molecule has 0 unspecified atom stereocenters. The average molecular weight is 507 g/mol. The van der Waals surface area contributed by atoms with E-state index in [1.807, 2.05) is 0 Å². The highest BCUT2D eigenvalue weighted by Crippen LogP contribution is 2.38. The third-order valence-corrected chi connectivity index (χ3v) is 7.86. The molecular weight excluding hydrogens is 481 g/mol. The molecule has 3 heterocycles. The molecule has 1 aromatic carbocycles. The lowest BCUT2D eigenvalue weighted by molar-refractivity contribution is -0.137. The lowest BCUT2D eigenvalue weighted by atomic mass is 9.82. The van der Waals surface area contributed by atoms with Crippen molar-refractivity contribution in [2.75, 3.05) is 25.0 Å². The van der Waals surface area contributed by atoms with Gasteiger partial charge in [-0.1, -0.05) is 0 Å². The minimum atomic E-state index is -4.48. The summed E-state index contributed by atoms with van der Waals surface area (Å²) in [7, 11) is 0. The Labute approximate surface area is 203 Å². The Morgan fingerprint density at radius 1 is 1.23 bits per heavy atom. The van der Waals surface area contributed by atoms with Crippen molar-refractivity contribution in [3.63, 3.8) is 0 Å². The van der Waals surface area contributed by atoms with Crippen LogP contribution in [0.15, 0.2) is 36.2 Å². The highest BCUT2D eigenvalue weighted by atomic mass is 32.1. The number of hydrogen-bond donors (Lipinski definition) is 3. The van der Waals surface area contributed by atoms with Gasteiger partial charge in [-0.3, -0.25) is 14.7 Å². The van der Waals surface area contributed by atoms with E-state index in [1.165, 1.54) is 23.7 Å². The molecule has 1 saturated heterocycles. The Hall–Kier alpha value is -2.83. The summed E-state index contributed by atoms with van der Waals surface area (Å²) < 4.78 is 39.2. The van der Waals surface area contributed by atoms with Crippen LogP contribution in [-0.2, 0) is 16.6 Å². The number of nitrogens with zero attached hydrogens (tertiary/aromatic N) is 4. The smallest absolute Gasteiger partial charge is 0.384 e. The van der Waals surface area contributed by atoms with Crippen molar-refractivity contribution in [1.82, 2.24) is 25.2 Å². The van der Waals surface area contributed by atoms with Gasteiger partial charge in [-0.05, 0) is 43.9 Å². The quantitative estimate of drug-likeness (QED) is 0.472. The number of piperidine rings is 1. The first-order valence-corrected chi connectivity index (χ1v) is 12.3. The first-order valence-electron chi connectivity index (χ1n) is 11.4. The lowest BCUT2D eigenvalue weighted by Crippen LogP contribution is -2.57. The van der Waals surface area contributed by atoms with Gasteiger partial charge in [0.15, 0.2) is 0 Å². The molecule has 0 spiro atoms. The minimum Gasteiger partial charge on any atom is -0.384 e. The van der Waals surface area contributed by atoms with Crippen LogP contribution in [0.2, 0.25) is 0 Å². The van der Waals surface area contributed by atoms with Gasteiger partial charge in [0.25, 0.3) is 0 Å². The number of halogens is 3. The number of fused-ring (bicyclic) bond motifs is 1. The summed E-state index contributed by atoms with van der Waals surface area (Å²) in [5.41, 5.74) is 0.505. The summed E-state index contributed by atoms with van der Waals surface area (Å²) in [4.78, 5) is 27.8. The summed E-state index contributed by atoms with van der Waals surface area (Å²) in [5, 5.41) is 16.9. The first kappa shape index (κ1) is 23.9. The summed E-state index contributed by atoms with van der Waals surface area (Å²) in [5.74, 6) is -0.0603. The van der Waals surface area contributed by atoms with E-state index in [-0.39, 0.29) is 29.7 Å². The maximum Gasteiger partial charge on any atom is 0.416 e. The van der Waals surface area contributed by atoms with E-state index in [2.05, 4.69) is 30.5 Å². The van der Waals surface area contributed by atoms with Crippen molar-refractivity contribution in [3.05, 3.63) is 46.7 Å². The number of rotatable bonds is 6. The number of carbonyl (C=O) groups is 1. The molecular formula is C23H25F3N6O2S. The van der Waals surface area contributed by atoms with Crippen molar-refractivity contribution in [1.29, 1.82) is 0 Å². The van der Waals surface area contributed by atoms with Crippen molar-refractivity contribution in [2.24, 2.45) is 0 Å². The molecule has 3 aromatic rings. The van der Waals surface area contributed by atoms with E-state index in [0.29, 0.717) is 24.4 Å². The van der Waals surface area contributed by atoms with Gasteiger partial charge in [0.1, 0.15) is 17.7 Å². The molecule has 0 bridgehead atoms. The third-order valence-electron chi connectivity index (χ3n) is 6.89. The van der Waals surface area contributed by atoms with Crippen molar-refractivity contribution in [3.8, 4) is 0 Å². The highest BCUT2D eigenvalue weighted by molar-refractivity contribution is 7.09. The van der Waals surface area contributed by atoms with E-state index in [9.17, 15) is 23.1 Å². The van der Waals surface area contributed by atoms with Gasteiger partial charge in [-0.15, -0.1) is 11.3 Å². The maximum atomic E-state index is 13.1. The fraction of sp³-hybridized carbons (Fsp3) is 0.478. The zero-order chi connectivity index (χ0) is 24.6. The predicted octanol–water partition coefficient (Wildman–Crippen LogP) is 3.15. The monoisotopic (exact) mass is 506 g/mol. The molecule has 0 radical (unpaired) electrons. The second kappa shape index (κ2) is 9.32. The van der Waals surface area contributed by atoms with Crippen LogP contribution >= 0.6 is 11.3 Å². The number of thiazole rings is 1. The number of carbonyl (C=O) groups excluding carboxylic acids is 1. The maximum absolute atomic E-state index is 13.1. The summed E-state index contributed by atoms with van der Waals surface area (Å²) in [6.07, 6.45) is 1.49. The van der Waals surface area contributed by atoms with Gasteiger partial charge >= 0.3 is 6.18 Å². The first-order chi connectivity index (χ1) is 16.7. The van der Waals surface area contributed by atoms with Crippen LogP contribution in [0.4, 0.5) is 19.0 Å². The van der Waals surface area contributed by atoms with Crippen molar-refractivity contribution >= 4 is 34.0 Å². The number of alkyl halides is 3. The molecule has 8 nitrogen and oxygen atoms in total. The van der Waals surface area contributed by atoms with Gasteiger partial charge in [0, 0.05) is 36.8 Å². The van der Waals surface area contributed by atoms with E-state index >= 15 is 0 Å². The van der Waals surface area contributed by atoms with Gasteiger partial charge in [-0.25, -0.2) is 9.97 Å². The molecule has 1 amide bonds. The molecule has 3 N–H and O–H groups in total. The van der Waals surface area contributed by atoms with Gasteiger partial charge < -0.3 is 15.7 Å². The third kappa shape index (κ3) is 5.09. The number of amides is 1. The normalized spacial score (nSPS) is 22.5. The van der Waals surface area contributed by atoms with Crippen LogP contribution in [0.3, 0.4) is 0 Å². The Morgan fingerprint density at radius 3 is 2.69 bits per heavy atom. The molecule has 5 rings (SSSR count). The SMILES string of the molecule is O=C(CNc1ncnc2ccc(C(F)(F)F)cc12)N[C@H]1C[C@H](N2CCC(O)(c3cncs3)CC2)C1. The molecule has 1 aliphatic heterocycles. The van der Waals surface area contributed by atoms with Crippen LogP contribution in [0.25, 0.3) is 10.9 Å². The van der Waals surface area contributed by atoms with Gasteiger partial charge in [0.2, 0.25) is 5.91 Å². The van der Waals surface area contributed by atoms with Crippen LogP contribution in [0.1, 0.15) is 36.1 Å². The van der Waals surface area contributed by atoms with E-state index < -0.39 is 17.3 Å². The number of anilines is 1. The lowest BCUT2D eigenvalue weighted by Gasteiger charge is -2.47. The van der Waals surface area contributed by atoms with E-state index in [4.69, 9.17) is 0 Å². The summed E-state index contributed by atoms with van der Waals surface area (Å²) in [6, 6.07) is 3.67. The molecule has 1 saturated carbocycles. The molecule has 2 aromatic heterocycles. The van der Waals surface area contributed by atoms with Crippen LogP contribution in [0, 0.1) is 0 Å². The molecule has 2 fully saturated rings. The standard InChI is InChI=1S/C23H25F3N6O2S/c24-23(25,26)14-1-2-18-17(7-14)21(30-12-29-18)28-11-20(33)31-15-8-16(9-15)32-5-3-22(34,4-6-32)19-10-27-13-35-19/h1-2,7,10,12-13,15-16,34H,3-6,8-9,11H2,(H,31,33)(H,28,29,30)/t15-,16-. The fourth-order valence-electron chi connectivity index (χ4n) is 4.77. The fourth-order valence-corrected chi connectivity index (χ4v) is 5.55. The highest BCUT2D eigenvalue weighted by Gasteiger charge is 2.41. The molecule has 0 atom stereocenters. The zero-order valence-electron chi connectivity index (χ0n) is 18.8. The van der Waals surface area contributed by atoms with Crippen molar-refractivity contribution in [2.45, 2.75) is 49.5 Å².